The van der Waals surface area contributed by atoms with Gasteiger partial charge in [0.25, 0.3) is 0 Å². The highest BCUT2D eigenvalue weighted by Crippen LogP contribution is 2.15. The highest BCUT2D eigenvalue weighted by atomic mass is 32.2. The maximum absolute atomic E-state index is 12.1. The Balaban J connectivity index is 4.24. The first-order valence-corrected chi connectivity index (χ1v) is 9.98. The van der Waals surface area contributed by atoms with Crippen LogP contribution in [0.15, 0.2) is 4.99 Å². The first kappa shape index (κ1) is 22.2. The predicted molar refractivity (Wildman–Crippen MR) is 97.8 cm³/mol. The van der Waals surface area contributed by atoms with Gasteiger partial charge in [-0.3, -0.25) is 4.99 Å². The zero-order valence-electron chi connectivity index (χ0n) is 15.8. The summed E-state index contributed by atoms with van der Waals surface area (Å²) in [5.74, 6) is 1.17. The summed E-state index contributed by atoms with van der Waals surface area (Å²) in [5.41, 5.74) is 0. The fourth-order valence-electron chi connectivity index (χ4n) is 1.99. The van der Waals surface area contributed by atoms with E-state index in [0.717, 1.165) is 13.0 Å². The van der Waals surface area contributed by atoms with Crippen molar-refractivity contribution in [3.05, 3.63) is 0 Å². The van der Waals surface area contributed by atoms with Gasteiger partial charge < -0.3 is 15.4 Å². The molecule has 1 atom stereocenters. The number of rotatable bonds is 9. The molecule has 0 spiro atoms. The van der Waals surface area contributed by atoms with E-state index < -0.39 is 14.6 Å². The van der Waals surface area contributed by atoms with Gasteiger partial charge >= 0.3 is 0 Å². The average Bonchev–Trinajstić information content (AvgIpc) is 2.42. The van der Waals surface area contributed by atoms with Gasteiger partial charge in [-0.2, -0.15) is 0 Å². The van der Waals surface area contributed by atoms with Crippen LogP contribution in [0.3, 0.4) is 0 Å². The van der Waals surface area contributed by atoms with Crippen LogP contribution in [-0.2, 0) is 14.6 Å². The first-order chi connectivity index (χ1) is 10.5. The summed E-state index contributed by atoms with van der Waals surface area (Å²) < 4.78 is 29.1. The van der Waals surface area contributed by atoms with Crippen LogP contribution in [-0.4, -0.2) is 57.7 Å². The van der Waals surface area contributed by atoms with Gasteiger partial charge in [-0.15, -0.1) is 0 Å². The Morgan fingerprint density at radius 1 is 1.17 bits per heavy atom. The molecule has 0 heterocycles. The minimum absolute atomic E-state index is 0.0881. The van der Waals surface area contributed by atoms with E-state index in [1.807, 2.05) is 6.92 Å². The van der Waals surface area contributed by atoms with Crippen molar-refractivity contribution in [2.75, 3.05) is 32.5 Å². The molecule has 0 saturated carbocycles. The number of ether oxygens (including phenoxy) is 1. The summed E-state index contributed by atoms with van der Waals surface area (Å²) in [4.78, 5) is 4.12. The van der Waals surface area contributed by atoms with E-state index >= 15 is 0 Å². The summed E-state index contributed by atoms with van der Waals surface area (Å²) in [5, 5.41) is 6.25. The number of hydrogen-bond acceptors (Lipinski definition) is 4. The van der Waals surface area contributed by atoms with Crippen LogP contribution in [0.2, 0.25) is 0 Å². The predicted octanol–water partition coefficient (Wildman–Crippen LogP) is 1.82. The molecule has 0 radical (unpaired) electrons. The van der Waals surface area contributed by atoms with Gasteiger partial charge in [0.1, 0.15) is 0 Å². The number of guanidine groups is 1. The van der Waals surface area contributed by atoms with Crippen molar-refractivity contribution in [1.82, 2.24) is 10.6 Å². The van der Waals surface area contributed by atoms with Crippen molar-refractivity contribution < 1.29 is 13.2 Å². The molecule has 0 aromatic heterocycles. The van der Waals surface area contributed by atoms with Crippen LogP contribution in [0.4, 0.5) is 0 Å². The molecule has 0 rings (SSSR count). The molecule has 138 valence electrons. The highest BCUT2D eigenvalue weighted by Gasteiger charge is 2.28. The Morgan fingerprint density at radius 3 is 2.17 bits per heavy atom. The third-order valence-electron chi connectivity index (χ3n) is 3.67. The monoisotopic (exact) mass is 349 g/mol. The van der Waals surface area contributed by atoms with Crippen molar-refractivity contribution in [3.63, 3.8) is 0 Å². The van der Waals surface area contributed by atoms with E-state index in [1.165, 1.54) is 0 Å². The summed E-state index contributed by atoms with van der Waals surface area (Å²) in [6, 6.07) is 0. The van der Waals surface area contributed by atoms with Crippen LogP contribution in [0.1, 0.15) is 48.0 Å². The van der Waals surface area contributed by atoms with Gasteiger partial charge in [-0.25, -0.2) is 8.42 Å². The number of sulfone groups is 1. The Labute approximate surface area is 142 Å². The molecule has 0 saturated heterocycles. The molecular weight excluding hydrogens is 314 g/mol. The molecule has 0 aliphatic heterocycles. The maximum Gasteiger partial charge on any atom is 0.191 e. The Kier molecular flexibility index (Phi) is 9.77. The second kappa shape index (κ2) is 10.1. The third-order valence-corrected chi connectivity index (χ3v) is 6.27. The minimum atomic E-state index is -3.12. The highest BCUT2D eigenvalue weighted by molar-refractivity contribution is 7.92. The van der Waals surface area contributed by atoms with E-state index in [-0.39, 0.29) is 11.9 Å². The van der Waals surface area contributed by atoms with Crippen LogP contribution in [0, 0.1) is 5.92 Å². The third kappa shape index (κ3) is 8.55. The summed E-state index contributed by atoms with van der Waals surface area (Å²) in [6.45, 7) is 13.2. The molecule has 6 nitrogen and oxygen atoms in total. The molecule has 1 unspecified atom stereocenters. The molecule has 0 fully saturated rings. The van der Waals surface area contributed by atoms with Gasteiger partial charge in [-0.05, 0) is 40.0 Å². The fourth-order valence-corrected chi connectivity index (χ4v) is 2.97. The number of nitrogens with zero attached hydrogens (tertiary/aromatic N) is 1. The maximum atomic E-state index is 12.1. The minimum Gasteiger partial charge on any atom is -0.378 e. The molecule has 7 heteroatoms. The summed E-state index contributed by atoms with van der Waals surface area (Å²) in [6.07, 6.45) is 1.10. The molecule has 0 aromatic rings. The van der Waals surface area contributed by atoms with Crippen LogP contribution in [0.25, 0.3) is 0 Å². The van der Waals surface area contributed by atoms with E-state index in [9.17, 15) is 8.42 Å². The lowest BCUT2D eigenvalue weighted by atomic mass is 10.0. The van der Waals surface area contributed by atoms with Gasteiger partial charge in [0.15, 0.2) is 15.8 Å². The van der Waals surface area contributed by atoms with E-state index in [0.29, 0.717) is 25.0 Å². The average molecular weight is 350 g/mol. The normalized spacial score (nSPS) is 14.9. The van der Waals surface area contributed by atoms with Crippen molar-refractivity contribution in [3.8, 4) is 0 Å². The number of hydrogen-bond donors (Lipinski definition) is 2. The second-order valence-corrected chi connectivity index (χ2v) is 9.75. The first-order valence-electron chi connectivity index (χ1n) is 8.33. The largest absolute Gasteiger partial charge is 0.378 e. The van der Waals surface area contributed by atoms with Crippen molar-refractivity contribution in [1.29, 1.82) is 0 Å². The van der Waals surface area contributed by atoms with Crippen LogP contribution < -0.4 is 10.6 Å². The molecule has 0 aliphatic rings. The topological polar surface area (TPSA) is 79.8 Å². The number of aliphatic imine (C=N–C) groups is 1. The Morgan fingerprint density at radius 2 is 1.74 bits per heavy atom. The van der Waals surface area contributed by atoms with Crippen LogP contribution >= 0.6 is 0 Å². The van der Waals surface area contributed by atoms with Gasteiger partial charge in [0.05, 0.1) is 16.6 Å². The van der Waals surface area contributed by atoms with Gasteiger partial charge in [0, 0.05) is 26.7 Å². The number of nitrogens with one attached hydrogen (secondary N) is 2. The molecule has 0 aliphatic carbocycles. The van der Waals surface area contributed by atoms with E-state index in [2.05, 4.69) is 29.5 Å². The lowest BCUT2D eigenvalue weighted by Crippen LogP contribution is -2.42. The fraction of sp³-hybridized carbons (Fsp3) is 0.938. The molecule has 0 aromatic carbocycles. The second-order valence-electron chi connectivity index (χ2n) is 6.88. The van der Waals surface area contributed by atoms with Crippen molar-refractivity contribution in [2.45, 2.75) is 58.8 Å². The lowest BCUT2D eigenvalue weighted by molar-refractivity contribution is 0.0258. The smallest absolute Gasteiger partial charge is 0.191 e. The summed E-state index contributed by atoms with van der Waals surface area (Å²) >= 11 is 0. The zero-order valence-corrected chi connectivity index (χ0v) is 16.6. The zero-order chi connectivity index (χ0) is 18.1. The Hall–Kier alpha value is -0.820. The lowest BCUT2D eigenvalue weighted by Gasteiger charge is -2.22. The van der Waals surface area contributed by atoms with E-state index in [1.54, 1.807) is 27.8 Å². The standard InChI is InChI=1S/C16H35N3O3S/c1-8-22-14(13(2)3)9-10-18-15(17-7)19-11-12-23(20,21)16(4,5)6/h13-14H,8-12H2,1-7H3,(H2,17,18,19). The van der Waals surface area contributed by atoms with Crippen molar-refractivity contribution in [2.24, 2.45) is 10.9 Å². The molecule has 0 amide bonds. The molecule has 23 heavy (non-hydrogen) atoms. The molecule has 0 bridgehead atoms. The van der Waals surface area contributed by atoms with Gasteiger partial charge in [0.2, 0.25) is 0 Å². The van der Waals surface area contributed by atoms with E-state index in [4.69, 9.17) is 4.74 Å². The van der Waals surface area contributed by atoms with Crippen LogP contribution in [0.5, 0.6) is 0 Å². The quantitative estimate of drug-likeness (QED) is 0.490. The van der Waals surface area contributed by atoms with Gasteiger partial charge in [-0.1, -0.05) is 13.8 Å². The van der Waals surface area contributed by atoms with Crippen molar-refractivity contribution >= 4 is 15.8 Å². The Bertz CT molecular complexity index is 454. The SMILES string of the molecule is CCOC(CCNC(=NC)NCCS(=O)(=O)C(C)(C)C)C(C)C. The summed E-state index contributed by atoms with van der Waals surface area (Å²) in [7, 11) is -1.44. The molecular formula is C16H35N3O3S. The molecule has 2 N–H and O–H groups in total.